The van der Waals surface area contributed by atoms with Crippen molar-refractivity contribution in [2.45, 2.75) is 12.8 Å². The summed E-state index contributed by atoms with van der Waals surface area (Å²) in [6.45, 7) is 0. The molecule has 1 aromatic carbocycles. The van der Waals surface area contributed by atoms with Crippen LogP contribution in [0.25, 0.3) is 0 Å². The van der Waals surface area contributed by atoms with Crippen molar-refractivity contribution in [3.63, 3.8) is 0 Å². The second kappa shape index (κ2) is 4.74. The van der Waals surface area contributed by atoms with Crippen molar-refractivity contribution in [2.24, 2.45) is 5.73 Å². The molecule has 1 aliphatic rings. The lowest BCUT2D eigenvalue weighted by molar-refractivity contribution is 0.0966. The summed E-state index contributed by atoms with van der Waals surface area (Å²) in [4.78, 5) is 11.9. The van der Waals surface area contributed by atoms with Crippen LogP contribution >= 0.6 is 0 Å². The molecule has 0 aromatic heterocycles. The third-order valence-electron chi connectivity index (χ3n) is 2.63. The standard InChI is InChI=1S/C13H15N3O/c14-10-7-5-9(6-8-10)13(17)16-12-4-2-1-3-11(12)15/h2,4-8H,1,3,14-15H2,(H,16,17). The topological polar surface area (TPSA) is 81.1 Å². The van der Waals surface area contributed by atoms with Gasteiger partial charge in [0.1, 0.15) is 0 Å². The van der Waals surface area contributed by atoms with Gasteiger partial charge in [0.25, 0.3) is 5.91 Å². The molecule has 0 saturated heterocycles. The Morgan fingerprint density at radius 1 is 1.18 bits per heavy atom. The summed E-state index contributed by atoms with van der Waals surface area (Å²) in [5.74, 6) is -0.172. The van der Waals surface area contributed by atoms with Crippen molar-refractivity contribution in [3.8, 4) is 0 Å². The summed E-state index contributed by atoms with van der Waals surface area (Å²) >= 11 is 0. The zero-order valence-corrected chi connectivity index (χ0v) is 9.44. The lowest BCUT2D eigenvalue weighted by atomic mass is 10.1. The zero-order chi connectivity index (χ0) is 12.3. The van der Waals surface area contributed by atoms with E-state index in [9.17, 15) is 4.79 Å². The molecule has 1 amide bonds. The van der Waals surface area contributed by atoms with Gasteiger partial charge in [-0.3, -0.25) is 4.79 Å². The number of benzene rings is 1. The van der Waals surface area contributed by atoms with Crippen LogP contribution in [0.1, 0.15) is 23.2 Å². The third kappa shape index (κ3) is 2.66. The van der Waals surface area contributed by atoms with E-state index < -0.39 is 0 Å². The van der Waals surface area contributed by atoms with Gasteiger partial charge >= 0.3 is 0 Å². The van der Waals surface area contributed by atoms with Crippen molar-refractivity contribution < 1.29 is 4.79 Å². The Balaban J connectivity index is 2.12. The number of hydrogen-bond donors (Lipinski definition) is 3. The summed E-state index contributed by atoms with van der Waals surface area (Å²) in [6, 6.07) is 6.77. The van der Waals surface area contributed by atoms with E-state index in [0.29, 0.717) is 16.9 Å². The Morgan fingerprint density at radius 3 is 2.53 bits per heavy atom. The summed E-state index contributed by atoms with van der Waals surface area (Å²) in [6.07, 6.45) is 5.55. The van der Waals surface area contributed by atoms with Crippen molar-refractivity contribution in [3.05, 3.63) is 53.4 Å². The summed E-state index contributed by atoms with van der Waals surface area (Å²) in [5.41, 5.74) is 14.0. The molecular formula is C13H15N3O. The molecule has 4 heteroatoms. The molecule has 0 bridgehead atoms. The van der Waals surface area contributed by atoms with E-state index in [0.717, 1.165) is 18.5 Å². The minimum Gasteiger partial charge on any atom is -0.400 e. The number of nitrogen functional groups attached to an aromatic ring is 1. The van der Waals surface area contributed by atoms with E-state index >= 15 is 0 Å². The zero-order valence-electron chi connectivity index (χ0n) is 9.44. The van der Waals surface area contributed by atoms with Gasteiger partial charge in [-0.05, 0) is 43.2 Å². The number of rotatable bonds is 2. The Hall–Kier alpha value is -2.23. The van der Waals surface area contributed by atoms with Crippen LogP contribution in [0.4, 0.5) is 5.69 Å². The fourth-order valence-corrected chi connectivity index (χ4v) is 1.63. The number of nitrogens with one attached hydrogen (secondary N) is 1. The highest BCUT2D eigenvalue weighted by Gasteiger charge is 2.10. The van der Waals surface area contributed by atoms with Gasteiger partial charge in [0.2, 0.25) is 0 Å². The lowest BCUT2D eigenvalue weighted by Crippen LogP contribution is -2.25. The SMILES string of the molecule is NC1=C(NC(=O)c2ccc(N)cc2)C=CCC1. The van der Waals surface area contributed by atoms with Crippen LogP contribution in [0.5, 0.6) is 0 Å². The molecule has 0 fully saturated rings. The molecule has 0 atom stereocenters. The summed E-state index contributed by atoms with van der Waals surface area (Å²) in [5, 5.41) is 2.79. The molecule has 0 heterocycles. The Labute approximate surface area is 100.0 Å². The quantitative estimate of drug-likeness (QED) is 0.672. The Morgan fingerprint density at radius 2 is 1.88 bits per heavy atom. The van der Waals surface area contributed by atoms with Crippen LogP contribution in [0, 0.1) is 0 Å². The molecule has 0 saturated carbocycles. The molecule has 0 spiro atoms. The van der Waals surface area contributed by atoms with Gasteiger partial charge in [0.05, 0.1) is 5.70 Å². The van der Waals surface area contributed by atoms with Crippen LogP contribution in [0.3, 0.4) is 0 Å². The fourth-order valence-electron chi connectivity index (χ4n) is 1.63. The first kappa shape index (κ1) is 11.3. The van der Waals surface area contributed by atoms with Crippen LogP contribution in [-0.2, 0) is 0 Å². The Kier molecular flexibility index (Phi) is 3.14. The predicted molar refractivity (Wildman–Crippen MR) is 67.9 cm³/mol. The van der Waals surface area contributed by atoms with Gasteiger partial charge in [0.15, 0.2) is 0 Å². The van der Waals surface area contributed by atoms with E-state index in [1.165, 1.54) is 0 Å². The van der Waals surface area contributed by atoms with Gasteiger partial charge < -0.3 is 16.8 Å². The van der Waals surface area contributed by atoms with E-state index in [1.807, 2.05) is 12.2 Å². The van der Waals surface area contributed by atoms with Crippen LogP contribution in [0.2, 0.25) is 0 Å². The number of nitrogens with two attached hydrogens (primary N) is 2. The second-order valence-corrected chi connectivity index (χ2v) is 3.96. The predicted octanol–water partition coefficient (Wildman–Crippen LogP) is 1.52. The molecule has 0 unspecified atom stereocenters. The molecule has 1 aromatic rings. The number of anilines is 1. The normalized spacial score (nSPS) is 14.8. The summed E-state index contributed by atoms with van der Waals surface area (Å²) in [7, 11) is 0. The lowest BCUT2D eigenvalue weighted by Gasteiger charge is -2.13. The highest BCUT2D eigenvalue weighted by molar-refractivity contribution is 5.95. The maximum atomic E-state index is 11.9. The first-order valence-corrected chi connectivity index (χ1v) is 5.49. The highest BCUT2D eigenvalue weighted by Crippen LogP contribution is 2.13. The summed E-state index contributed by atoms with van der Waals surface area (Å²) < 4.78 is 0. The van der Waals surface area contributed by atoms with E-state index in [4.69, 9.17) is 11.5 Å². The third-order valence-corrected chi connectivity index (χ3v) is 2.63. The molecule has 88 valence electrons. The molecule has 4 nitrogen and oxygen atoms in total. The van der Waals surface area contributed by atoms with E-state index in [2.05, 4.69) is 5.32 Å². The van der Waals surface area contributed by atoms with E-state index in [-0.39, 0.29) is 5.91 Å². The maximum Gasteiger partial charge on any atom is 0.255 e. The van der Waals surface area contributed by atoms with Crippen molar-refractivity contribution >= 4 is 11.6 Å². The number of carbonyl (C=O) groups excluding carboxylic acids is 1. The van der Waals surface area contributed by atoms with Crippen molar-refractivity contribution in [1.29, 1.82) is 0 Å². The average molecular weight is 229 g/mol. The monoisotopic (exact) mass is 229 g/mol. The molecule has 0 radical (unpaired) electrons. The smallest absolute Gasteiger partial charge is 0.255 e. The first-order chi connectivity index (χ1) is 8.16. The van der Waals surface area contributed by atoms with Crippen LogP contribution in [-0.4, -0.2) is 5.91 Å². The van der Waals surface area contributed by atoms with Gasteiger partial charge in [0, 0.05) is 16.9 Å². The minimum atomic E-state index is -0.172. The van der Waals surface area contributed by atoms with Crippen molar-refractivity contribution in [1.82, 2.24) is 5.32 Å². The first-order valence-electron chi connectivity index (χ1n) is 5.49. The minimum absolute atomic E-state index is 0.172. The maximum absolute atomic E-state index is 11.9. The van der Waals surface area contributed by atoms with Crippen molar-refractivity contribution in [2.75, 3.05) is 5.73 Å². The van der Waals surface area contributed by atoms with Gasteiger partial charge in [-0.2, -0.15) is 0 Å². The van der Waals surface area contributed by atoms with Crippen LogP contribution < -0.4 is 16.8 Å². The fraction of sp³-hybridized carbons (Fsp3) is 0.154. The largest absolute Gasteiger partial charge is 0.400 e. The van der Waals surface area contributed by atoms with Gasteiger partial charge in [-0.1, -0.05) is 6.08 Å². The molecule has 1 aliphatic carbocycles. The molecule has 17 heavy (non-hydrogen) atoms. The highest BCUT2D eigenvalue weighted by atomic mass is 16.1. The average Bonchev–Trinajstić information content (AvgIpc) is 2.33. The molecule has 0 aliphatic heterocycles. The molecule has 2 rings (SSSR count). The van der Waals surface area contributed by atoms with Gasteiger partial charge in [-0.15, -0.1) is 0 Å². The Bertz CT molecular complexity index is 486. The number of hydrogen-bond acceptors (Lipinski definition) is 3. The number of carbonyl (C=O) groups is 1. The number of allylic oxidation sites excluding steroid dienone is 3. The van der Waals surface area contributed by atoms with E-state index in [1.54, 1.807) is 24.3 Å². The van der Waals surface area contributed by atoms with Gasteiger partial charge in [-0.25, -0.2) is 0 Å². The molecular weight excluding hydrogens is 214 g/mol. The molecule has 5 N–H and O–H groups in total. The second-order valence-electron chi connectivity index (χ2n) is 3.96. The van der Waals surface area contributed by atoms with Crippen LogP contribution in [0.15, 0.2) is 47.8 Å². The number of amides is 1.